The first-order valence-electron chi connectivity index (χ1n) is 7.47. The van der Waals surface area contributed by atoms with Gasteiger partial charge in [-0.3, -0.25) is 9.59 Å². The number of carbonyl (C=O) groups excluding carboxylic acids is 1. The average Bonchev–Trinajstić information content (AvgIpc) is 3.11. The van der Waals surface area contributed by atoms with Gasteiger partial charge in [-0.2, -0.15) is 4.98 Å². The van der Waals surface area contributed by atoms with Crippen LogP contribution < -0.4 is 10.9 Å². The molecule has 0 radical (unpaired) electrons. The Morgan fingerprint density at radius 1 is 1.24 bits per heavy atom. The van der Waals surface area contributed by atoms with Crippen LogP contribution in [0.2, 0.25) is 0 Å². The van der Waals surface area contributed by atoms with E-state index in [1.807, 2.05) is 30.3 Å². The Hall–Kier alpha value is -3.66. The Morgan fingerprint density at radius 3 is 2.80 bits per heavy atom. The van der Waals surface area contributed by atoms with Crippen molar-refractivity contribution in [1.29, 1.82) is 0 Å². The van der Waals surface area contributed by atoms with Crippen molar-refractivity contribution in [2.75, 3.05) is 6.54 Å². The third-order valence-electron chi connectivity index (χ3n) is 3.40. The monoisotopic (exact) mass is 334 g/mol. The number of rotatable bonds is 5. The van der Waals surface area contributed by atoms with Crippen LogP contribution in [-0.2, 0) is 6.54 Å². The van der Waals surface area contributed by atoms with Crippen LogP contribution in [0, 0.1) is 12.3 Å². The van der Waals surface area contributed by atoms with Crippen molar-refractivity contribution in [1.82, 2.24) is 20.0 Å². The molecule has 0 atom stereocenters. The fourth-order valence-electron chi connectivity index (χ4n) is 2.19. The van der Waals surface area contributed by atoms with Crippen LogP contribution in [0.3, 0.4) is 0 Å². The van der Waals surface area contributed by atoms with Crippen LogP contribution >= 0.6 is 0 Å². The molecule has 3 rings (SSSR count). The summed E-state index contributed by atoms with van der Waals surface area (Å²) in [6.45, 7) is 0.203. The highest BCUT2D eigenvalue weighted by atomic mass is 16.5. The van der Waals surface area contributed by atoms with Gasteiger partial charge < -0.3 is 14.4 Å². The lowest BCUT2D eigenvalue weighted by Gasteiger charge is -2.06. The van der Waals surface area contributed by atoms with Crippen LogP contribution in [-0.4, -0.2) is 27.2 Å². The second-order valence-corrected chi connectivity index (χ2v) is 5.15. The van der Waals surface area contributed by atoms with E-state index in [4.69, 9.17) is 10.9 Å². The first-order valence-corrected chi connectivity index (χ1v) is 7.47. The molecule has 3 aromatic rings. The van der Waals surface area contributed by atoms with Gasteiger partial charge in [0.1, 0.15) is 0 Å². The second-order valence-electron chi connectivity index (χ2n) is 5.15. The minimum Gasteiger partial charge on any atom is -0.341 e. The quantitative estimate of drug-likeness (QED) is 0.711. The third-order valence-corrected chi connectivity index (χ3v) is 3.40. The van der Waals surface area contributed by atoms with Gasteiger partial charge in [0.25, 0.3) is 17.4 Å². The van der Waals surface area contributed by atoms with Gasteiger partial charge in [-0.25, -0.2) is 0 Å². The zero-order chi connectivity index (χ0) is 17.6. The van der Waals surface area contributed by atoms with E-state index >= 15 is 0 Å². The van der Waals surface area contributed by atoms with Crippen molar-refractivity contribution >= 4 is 5.91 Å². The molecule has 7 nitrogen and oxygen atoms in total. The van der Waals surface area contributed by atoms with Crippen molar-refractivity contribution in [2.24, 2.45) is 0 Å². The molecule has 0 aliphatic heterocycles. The number of amides is 1. The zero-order valence-electron chi connectivity index (χ0n) is 13.2. The summed E-state index contributed by atoms with van der Waals surface area (Å²) in [6, 6.07) is 12.1. The minimum atomic E-state index is -0.357. The molecule has 0 saturated carbocycles. The summed E-state index contributed by atoms with van der Waals surface area (Å²) in [5.74, 6) is 2.67. The molecule has 124 valence electrons. The summed E-state index contributed by atoms with van der Waals surface area (Å²) >= 11 is 0. The van der Waals surface area contributed by atoms with Gasteiger partial charge in [0.05, 0.1) is 18.7 Å². The number of terminal acetylenes is 1. The van der Waals surface area contributed by atoms with E-state index in [-0.39, 0.29) is 24.6 Å². The van der Waals surface area contributed by atoms with Crippen molar-refractivity contribution < 1.29 is 9.32 Å². The maximum atomic E-state index is 12.0. The molecular weight excluding hydrogens is 320 g/mol. The van der Waals surface area contributed by atoms with Crippen LogP contribution in [0.4, 0.5) is 0 Å². The zero-order valence-corrected chi connectivity index (χ0v) is 13.2. The molecule has 0 aliphatic rings. The standard InChI is InChI=1S/C18H14N4O3/c1-2-10-19-17(24)14-8-9-16(23)22(11-14)12-15-20-18(25-21-15)13-6-4-3-5-7-13/h1,3-9,11H,10,12H2,(H,19,24). The van der Waals surface area contributed by atoms with Crippen LogP contribution in [0.5, 0.6) is 0 Å². The summed E-state index contributed by atoms with van der Waals surface area (Å²) in [5, 5.41) is 6.42. The van der Waals surface area contributed by atoms with Gasteiger partial charge in [-0.1, -0.05) is 29.3 Å². The number of hydrogen-bond acceptors (Lipinski definition) is 5. The van der Waals surface area contributed by atoms with E-state index < -0.39 is 0 Å². The summed E-state index contributed by atoms with van der Waals surface area (Å²) in [6.07, 6.45) is 6.55. The molecule has 1 N–H and O–H groups in total. The maximum absolute atomic E-state index is 12.0. The second kappa shape index (κ2) is 7.27. The van der Waals surface area contributed by atoms with E-state index in [1.165, 1.54) is 22.9 Å². The molecule has 0 fully saturated rings. The van der Waals surface area contributed by atoms with Gasteiger partial charge in [0.15, 0.2) is 5.82 Å². The lowest BCUT2D eigenvalue weighted by Crippen LogP contribution is -2.27. The number of aromatic nitrogens is 3. The van der Waals surface area contributed by atoms with E-state index in [1.54, 1.807) is 0 Å². The van der Waals surface area contributed by atoms with Crippen LogP contribution in [0.25, 0.3) is 11.5 Å². The molecule has 2 aromatic heterocycles. The largest absolute Gasteiger partial charge is 0.341 e. The van der Waals surface area contributed by atoms with E-state index in [9.17, 15) is 9.59 Å². The molecule has 0 saturated heterocycles. The van der Waals surface area contributed by atoms with Gasteiger partial charge in [-0.15, -0.1) is 6.42 Å². The number of nitrogens with zero attached hydrogens (tertiary/aromatic N) is 3. The first kappa shape index (κ1) is 16.2. The number of nitrogens with one attached hydrogen (secondary N) is 1. The molecule has 0 unspecified atom stereocenters. The van der Waals surface area contributed by atoms with Crippen molar-refractivity contribution in [3.05, 3.63) is 70.4 Å². The number of benzene rings is 1. The molecule has 2 heterocycles. The topological polar surface area (TPSA) is 90.0 Å². The van der Waals surface area contributed by atoms with Gasteiger partial charge >= 0.3 is 0 Å². The lowest BCUT2D eigenvalue weighted by atomic mass is 10.2. The number of carbonyl (C=O) groups is 1. The molecule has 1 amide bonds. The minimum absolute atomic E-state index is 0.0887. The smallest absolute Gasteiger partial charge is 0.257 e. The average molecular weight is 334 g/mol. The highest BCUT2D eigenvalue weighted by Crippen LogP contribution is 2.16. The maximum Gasteiger partial charge on any atom is 0.257 e. The molecule has 0 aliphatic carbocycles. The van der Waals surface area contributed by atoms with Crippen molar-refractivity contribution in [3.8, 4) is 23.8 Å². The lowest BCUT2D eigenvalue weighted by molar-refractivity contribution is 0.0958. The predicted molar refractivity (Wildman–Crippen MR) is 90.7 cm³/mol. The molecular formula is C18H14N4O3. The first-order chi connectivity index (χ1) is 12.2. The molecule has 7 heteroatoms. The summed E-state index contributed by atoms with van der Waals surface area (Å²) < 4.78 is 6.55. The highest BCUT2D eigenvalue weighted by molar-refractivity contribution is 5.93. The molecule has 0 bridgehead atoms. The van der Waals surface area contributed by atoms with E-state index in [0.717, 1.165) is 5.56 Å². The summed E-state index contributed by atoms with van der Waals surface area (Å²) in [4.78, 5) is 28.2. The van der Waals surface area contributed by atoms with E-state index in [0.29, 0.717) is 17.3 Å². The number of hydrogen-bond donors (Lipinski definition) is 1. The Morgan fingerprint density at radius 2 is 2.04 bits per heavy atom. The van der Waals surface area contributed by atoms with Crippen LogP contribution in [0.1, 0.15) is 16.2 Å². The molecule has 1 aromatic carbocycles. The van der Waals surface area contributed by atoms with Gasteiger partial charge in [0, 0.05) is 17.8 Å². The van der Waals surface area contributed by atoms with Crippen LogP contribution in [0.15, 0.2) is 58.0 Å². The Labute approximate surface area is 143 Å². The number of pyridine rings is 1. The van der Waals surface area contributed by atoms with E-state index in [2.05, 4.69) is 21.4 Å². The Kier molecular flexibility index (Phi) is 4.72. The summed E-state index contributed by atoms with van der Waals surface area (Å²) in [7, 11) is 0. The Bertz CT molecular complexity index is 983. The fraction of sp³-hybridized carbons (Fsp3) is 0.111. The van der Waals surface area contributed by atoms with Crippen molar-refractivity contribution in [3.63, 3.8) is 0 Å². The van der Waals surface area contributed by atoms with Crippen molar-refractivity contribution in [2.45, 2.75) is 6.54 Å². The summed E-state index contributed by atoms with van der Waals surface area (Å²) in [5.41, 5.74) is 0.831. The molecule has 25 heavy (non-hydrogen) atoms. The Balaban J connectivity index is 1.81. The third kappa shape index (κ3) is 3.82. The highest BCUT2D eigenvalue weighted by Gasteiger charge is 2.11. The van der Waals surface area contributed by atoms with Gasteiger partial charge in [0.2, 0.25) is 0 Å². The fourth-order valence-corrected chi connectivity index (χ4v) is 2.19. The predicted octanol–water partition coefficient (Wildman–Crippen LogP) is 1.31. The SMILES string of the molecule is C#CCNC(=O)c1ccc(=O)n(Cc2noc(-c3ccccc3)n2)c1. The molecule has 0 spiro atoms. The normalized spacial score (nSPS) is 10.2. The van der Waals surface area contributed by atoms with Gasteiger partial charge in [-0.05, 0) is 18.2 Å².